The van der Waals surface area contributed by atoms with E-state index in [-0.39, 0.29) is 5.91 Å². The molecule has 0 saturated carbocycles. The Morgan fingerprint density at radius 1 is 1.03 bits per heavy atom. The Morgan fingerprint density at radius 3 is 2.19 bits per heavy atom. The molecule has 0 aliphatic rings. The summed E-state index contributed by atoms with van der Waals surface area (Å²) in [7, 11) is 0. The minimum absolute atomic E-state index is 0.189. The maximum absolute atomic E-state index is 12.3. The molecule has 162 valence electrons. The van der Waals surface area contributed by atoms with E-state index >= 15 is 0 Å². The summed E-state index contributed by atoms with van der Waals surface area (Å²) in [6.45, 7) is 5.99. The van der Waals surface area contributed by atoms with E-state index in [0.717, 1.165) is 23.3 Å². The number of nitrogens with one attached hydrogen (secondary N) is 1. The third-order valence-electron chi connectivity index (χ3n) is 4.40. The molecule has 3 aromatic rings. The zero-order chi connectivity index (χ0) is 22.7. The highest BCUT2D eigenvalue weighted by atomic mass is 35.5. The summed E-state index contributed by atoms with van der Waals surface area (Å²) in [6, 6.07) is 18.2. The molecular weight excluding hydrogens is 412 g/mol. The Balaban J connectivity index is 0.000000357. The smallest absolute Gasteiger partial charge is 0.263 e. The maximum Gasteiger partial charge on any atom is 0.263 e. The first kappa shape index (κ1) is 24.1. The molecule has 0 unspecified atom stereocenters. The highest BCUT2D eigenvalue weighted by Crippen LogP contribution is 2.19. The van der Waals surface area contributed by atoms with Crippen LogP contribution in [-0.2, 0) is 11.2 Å². The Hall–Kier alpha value is -3.18. The number of hydrogen-bond acceptors (Lipinski definition) is 4. The van der Waals surface area contributed by atoms with E-state index in [4.69, 9.17) is 16.3 Å². The number of nitrogens with zero attached hydrogens (tertiary/aromatic N) is 1. The topological polar surface area (TPSA) is 68.3 Å². The molecule has 0 radical (unpaired) electrons. The zero-order valence-electron chi connectivity index (χ0n) is 18.0. The SMILES string of the molecule is CC(C)(Oc1ccc(C=O)cc1)C(=O)NCCc1ccncc1.Cc1ccc(Cl)cc1. The lowest BCUT2D eigenvalue weighted by Gasteiger charge is -2.25. The molecule has 0 fully saturated rings. The number of halogens is 1. The molecule has 0 aliphatic carbocycles. The van der Waals surface area contributed by atoms with Crippen LogP contribution in [0.5, 0.6) is 5.75 Å². The molecule has 31 heavy (non-hydrogen) atoms. The van der Waals surface area contributed by atoms with Crippen molar-refractivity contribution in [2.75, 3.05) is 6.54 Å². The molecule has 5 nitrogen and oxygen atoms in total. The number of hydrogen-bond donors (Lipinski definition) is 1. The van der Waals surface area contributed by atoms with Gasteiger partial charge in [0, 0.05) is 29.5 Å². The van der Waals surface area contributed by atoms with E-state index < -0.39 is 5.60 Å². The van der Waals surface area contributed by atoms with Crippen LogP contribution in [0.25, 0.3) is 0 Å². The summed E-state index contributed by atoms with van der Waals surface area (Å²) in [5.74, 6) is 0.357. The van der Waals surface area contributed by atoms with Crippen molar-refractivity contribution in [3.63, 3.8) is 0 Å². The Morgan fingerprint density at radius 2 is 1.65 bits per heavy atom. The standard InChI is InChI=1S/C18H20N2O3.C7H7Cl/c1-18(2,23-16-5-3-15(13-21)4-6-16)17(22)20-12-9-14-7-10-19-11-8-14;1-6-2-4-7(8)5-3-6/h3-8,10-11,13H,9,12H2,1-2H3,(H,20,22);2-5H,1H3. The fraction of sp³-hybridized carbons (Fsp3) is 0.240. The van der Waals surface area contributed by atoms with Crippen LogP contribution < -0.4 is 10.1 Å². The molecule has 1 heterocycles. The van der Waals surface area contributed by atoms with Crippen LogP contribution >= 0.6 is 11.6 Å². The van der Waals surface area contributed by atoms with Crippen LogP contribution in [0.4, 0.5) is 0 Å². The molecule has 0 saturated heterocycles. The number of aldehydes is 1. The Bertz CT molecular complexity index is 935. The van der Waals surface area contributed by atoms with Gasteiger partial charge in [-0.05, 0) is 81.3 Å². The number of aryl methyl sites for hydroxylation is 1. The lowest BCUT2D eigenvalue weighted by molar-refractivity contribution is -0.134. The van der Waals surface area contributed by atoms with Gasteiger partial charge in [0.15, 0.2) is 5.60 Å². The summed E-state index contributed by atoms with van der Waals surface area (Å²) < 4.78 is 5.73. The molecule has 6 heteroatoms. The molecule has 3 rings (SSSR count). The number of aromatic nitrogens is 1. The van der Waals surface area contributed by atoms with Gasteiger partial charge in [-0.1, -0.05) is 29.3 Å². The summed E-state index contributed by atoms with van der Waals surface area (Å²) in [4.78, 5) is 26.9. The van der Waals surface area contributed by atoms with Crippen LogP contribution in [0.1, 0.15) is 35.3 Å². The molecule has 2 aromatic carbocycles. The summed E-state index contributed by atoms with van der Waals surface area (Å²) in [5.41, 5.74) is 1.93. The normalized spacial score (nSPS) is 10.5. The molecule has 0 aliphatic heterocycles. The zero-order valence-corrected chi connectivity index (χ0v) is 18.7. The van der Waals surface area contributed by atoms with Gasteiger partial charge in [-0.2, -0.15) is 0 Å². The van der Waals surface area contributed by atoms with Crippen molar-refractivity contribution >= 4 is 23.8 Å². The van der Waals surface area contributed by atoms with E-state index in [0.29, 0.717) is 17.9 Å². The molecule has 1 aromatic heterocycles. The van der Waals surface area contributed by atoms with E-state index in [2.05, 4.69) is 10.3 Å². The third-order valence-corrected chi connectivity index (χ3v) is 4.65. The molecule has 1 N–H and O–H groups in total. The van der Waals surface area contributed by atoms with E-state index in [1.807, 2.05) is 43.3 Å². The average molecular weight is 439 g/mol. The van der Waals surface area contributed by atoms with E-state index in [1.54, 1.807) is 50.5 Å². The largest absolute Gasteiger partial charge is 0.478 e. The van der Waals surface area contributed by atoms with Gasteiger partial charge >= 0.3 is 0 Å². The highest BCUT2D eigenvalue weighted by Gasteiger charge is 2.29. The summed E-state index contributed by atoms with van der Waals surface area (Å²) >= 11 is 5.61. The monoisotopic (exact) mass is 438 g/mol. The summed E-state index contributed by atoms with van der Waals surface area (Å²) in [6.07, 6.45) is 4.96. The average Bonchev–Trinajstić information content (AvgIpc) is 2.77. The van der Waals surface area contributed by atoms with Crippen molar-refractivity contribution < 1.29 is 14.3 Å². The van der Waals surface area contributed by atoms with Gasteiger partial charge in [0.25, 0.3) is 5.91 Å². The molecular formula is C25H27ClN2O3. The highest BCUT2D eigenvalue weighted by molar-refractivity contribution is 6.30. The maximum atomic E-state index is 12.3. The van der Waals surface area contributed by atoms with Crippen LogP contribution in [0.3, 0.4) is 0 Å². The molecule has 0 spiro atoms. The number of rotatable bonds is 7. The predicted molar refractivity (Wildman–Crippen MR) is 124 cm³/mol. The van der Waals surface area contributed by atoms with Gasteiger partial charge in [-0.3, -0.25) is 14.6 Å². The van der Waals surface area contributed by atoms with Crippen LogP contribution in [0.2, 0.25) is 5.02 Å². The number of carbonyl (C=O) groups excluding carboxylic acids is 2. The number of carbonyl (C=O) groups is 2. The molecule has 0 atom stereocenters. The second-order valence-electron chi connectivity index (χ2n) is 7.46. The van der Waals surface area contributed by atoms with Crippen molar-refractivity contribution in [2.24, 2.45) is 0 Å². The lowest BCUT2D eigenvalue weighted by atomic mass is 10.1. The van der Waals surface area contributed by atoms with E-state index in [1.165, 1.54) is 5.56 Å². The molecule has 0 bridgehead atoms. The van der Waals surface area contributed by atoms with Gasteiger partial charge in [-0.25, -0.2) is 0 Å². The van der Waals surface area contributed by atoms with Crippen LogP contribution in [-0.4, -0.2) is 29.3 Å². The van der Waals surface area contributed by atoms with Crippen molar-refractivity contribution in [1.29, 1.82) is 0 Å². The first-order valence-corrected chi connectivity index (χ1v) is 10.3. The minimum Gasteiger partial charge on any atom is -0.478 e. The first-order chi connectivity index (χ1) is 14.8. The predicted octanol–water partition coefficient (Wildman–Crippen LogP) is 5.06. The third kappa shape index (κ3) is 8.60. The quantitative estimate of drug-likeness (QED) is 0.523. The van der Waals surface area contributed by atoms with Gasteiger partial charge in [-0.15, -0.1) is 0 Å². The van der Waals surface area contributed by atoms with Crippen LogP contribution in [0.15, 0.2) is 73.1 Å². The van der Waals surface area contributed by atoms with Crippen molar-refractivity contribution in [3.8, 4) is 5.75 Å². The number of benzene rings is 2. The van der Waals surface area contributed by atoms with Gasteiger partial charge in [0.1, 0.15) is 12.0 Å². The van der Waals surface area contributed by atoms with Gasteiger partial charge in [0.2, 0.25) is 0 Å². The van der Waals surface area contributed by atoms with Crippen molar-refractivity contribution in [1.82, 2.24) is 10.3 Å². The van der Waals surface area contributed by atoms with E-state index in [9.17, 15) is 9.59 Å². The van der Waals surface area contributed by atoms with Crippen LogP contribution in [0, 0.1) is 6.92 Å². The second-order valence-corrected chi connectivity index (χ2v) is 7.89. The van der Waals surface area contributed by atoms with Gasteiger partial charge < -0.3 is 10.1 Å². The first-order valence-electron chi connectivity index (χ1n) is 9.94. The number of pyridine rings is 1. The van der Waals surface area contributed by atoms with Crippen molar-refractivity contribution in [2.45, 2.75) is 32.8 Å². The number of ether oxygens (including phenoxy) is 1. The Labute approximate surface area is 188 Å². The fourth-order valence-electron chi connectivity index (χ4n) is 2.57. The van der Waals surface area contributed by atoms with Crippen molar-refractivity contribution in [3.05, 3.63) is 94.8 Å². The molecule has 1 amide bonds. The second kappa shape index (κ2) is 11.9. The minimum atomic E-state index is -0.999. The fourth-order valence-corrected chi connectivity index (χ4v) is 2.70. The summed E-state index contributed by atoms with van der Waals surface area (Å²) in [5, 5.41) is 3.68. The lowest BCUT2D eigenvalue weighted by Crippen LogP contribution is -2.47. The number of amides is 1. The Kier molecular flexibility index (Phi) is 9.22. The van der Waals surface area contributed by atoms with Gasteiger partial charge in [0.05, 0.1) is 0 Å².